The summed E-state index contributed by atoms with van der Waals surface area (Å²) < 4.78 is 6.90. The van der Waals surface area contributed by atoms with Crippen molar-refractivity contribution in [3.8, 4) is 5.69 Å². The Kier molecular flexibility index (Phi) is 7.16. The van der Waals surface area contributed by atoms with Crippen molar-refractivity contribution in [1.29, 1.82) is 0 Å². The average Bonchev–Trinajstić information content (AvgIpc) is 3.05. The number of esters is 1. The molecule has 6 nitrogen and oxygen atoms in total. The van der Waals surface area contributed by atoms with Gasteiger partial charge in [0.1, 0.15) is 0 Å². The highest BCUT2D eigenvalue weighted by Crippen LogP contribution is 2.24. The van der Waals surface area contributed by atoms with Crippen molar-refractivity contribution in [3.05, 3.63) is 88.2 Å². The van der Waals surface area contributed by atoms with Crippen LogP contribution in [0.3, 0.4) is 0 Å². The maximum absolute atomic E-state index is 12.3. The first-order valence-corrected chi connectivity index (χ1v) is 10.9. The normalized spacial score (nSPS) is 11.6. The highest BCUT2D eigenvalue weighted by molar-refractivity contribution is 5.94. The third-order valence-electron chi connectivity index (χ3n) is 5.60. The first-order valence-electron chi connectivity index (χ1n) is 10.9. The minimum absolute atomic E-state index is 0.0782. The molecule has 1 amide bonds. The molecule has 0 saturated heterocycles. The fourth-order valence-electron chi connectivity index (χ4n) is 3.76. The highest BCUT2D eigenvalue weighted by atomic mass is 16.5. The molecule has 0 unspecified atom stereocenters. The van der Waals surface area contributed by atoms with Gasteiger partial charge in [0.25, 0.3) is 0 Å². The van der Waals surface area contributed by atoms with Crippen LogP contribution in [0.4, 0.5) is 0 Å². The zero-order valence-corrected chi connectivity index (χ0v) is 20.1. The number of carbonyl (C=O) groups is 2. The Hall–Kier alpha value is -3.67. The molecule has 0 bridgehead atoms. The molecule has 2 aromatic carbocycles. The number of nitrogens with one attached hydrogen (secondary N) is 1. The Labute approximate surface area is 195 Å². The summed E-state index contributed by atoms with van der Waals surface area (Å²) in [6.45, 7) is 10.4. The lowest BCUT2D eigenvalue weighted by Gasteiger charge is -2.19. The van der Waals surface area contributed by atoms with Gasteiger partial charge in [-0.3, -0.25) is 4.79 Å². The molecule has 0 fully saturated rings. The third-order valence-corrected chi connectivity index (χ3v) is 5.60. The van der Waals surface area contributed by atoms with E-state index in [1.807, 2.05) is 48.7 Å². The number of nitrogens with zero attached hydrogens (tertiary/aromatic N) is 2. The van der Waals surface area contributed by atoms with E-state index in [2.05, 4.69) is 43.4 Å². The molecule has 3 aromatic rings. The van der Waals surface area contributed by atoms with Crippen LogP contribution in [0.25, 0.3) is 5.69 Å². The molecule has 0 atom stereocenters. The van der Waals surface area contributed by atoms with Crippen molar-refractivity contribution < 1.29 is 14.3 Å². The predicted molar refractivity (Wildman–Crippen MR) is 131 cm³/mol. The Balaban J connectivity index is 1.72. The molecule has 0 aliphatic carbocycles. The third kappa shape index (κ3) is 5.58. The molecule has 33 heavy (non-hydrogen) atoms. The SMILES string of the molecule is COC(=O)c1ccccc1-n1c(C)cc(/C=N\NC(=O)Cc2ccc(C(C)(C)C)cc2)c1C. The van der Waals surface area contributed by atoms with Gasteiger partial charge in [-0.2, -0.15) is 5.10 Å². The van der Waals surface area contributed by atoms with Crippen molar-refractivity contribution in [2.45, 2.75) is 46.5 Å². The van der Waals surface area contributed by atoms with E-state index in [0.717, 1.165) is 28.2 Å². The number of hydrogen-bond acceptors (Lipinski definition) is 4. The molecule has 172 valence electrons. The quantitative estimate of drug-likeness (QED) is 0.334. The largest absolute Gasteiger partial charge is 0.465 e. The zero-order valence-electron chi connectivity index (χ0n) is 20.1. The minimum Gasteiger partial charge on any atom is -0.465 e. The van der Waals surface area contributed by atoms with Crippen molar-refractivity contribution in [3.63, 3.8) is 0 Å². The number of aromatic nitrogens is 1. The maximum Gasteiger partial charge on any atom is 0.339 e. The topological polar surface area (TPSA) is 72.7 Å². The van der Waals surface area contributed by atoms with Crippen LogP contribution >= 0.6 is 0 Å². The molecule has 3 rings (SSSR count). The van der Waals surface area contributed by atoms with Crippen LogP contribution in [-0.2, 0) is 21.4 Å². The van der Waals surface area contributed by atoms with Crippen LogP contribution in [0, 0.1) is 13.8 Å². The Morgan fingerprint density at radius 3 is 2.36 bits per heavy atom. The van der Waals surface area contributed by atoms with Gasteiger partial charge >= 0.3 is 5.97 Å². The first kappa shape index (κ1) is 24.0. The van der Waals surface area contributed by atoms with Crippen molar-refractivity contribution in [2.24, 2.45) is 5.10 Å². The fraction of sp³-hybridized carbons (Fsp3) is 0.296. The van der Waals surface area contributed by atoms with Gasteiger partial charge in [0.15, 0.2) is 0 Å². The lowest BCUT2D eigenvalue weighted by Crippen LogP contribution is -2.20. The van der Waals surface area contributed by atoms with Gasteiger partial charge in [0.2, 0.25) is 5.91 Å². The monoisotopic (exact) mass is 445 g/mol. The van der Waals surface area contributed by atoms with Crippen LogP contribution < -0.4 is 5.43 Å². The van der Waals surface area contributed by atoms with Crippen LogP contribution in [-0.4, -0.2) is 29.8 Å². The van der Waals surface area contributed by atoms with E-state index in [4.69, 9.17) is 4.74 Å². The minimum atomic E-state index is -0.392. The number of ether oxygens (including phenoxy) is 1. The summed E-state index contributed by atoms with van der Waals surface area (Å²) in [5.41, 5.74) is 8.76. The molecular weight excluding hydrogens is 414 g/mol. The number of rotatable bonds is 6. The Morgan fingerprint density at radius 2 is 1.73 bits per heavy atom. The summed E-state index contributed by atoms with van der Waals surface area (Å²) >= 11 is 0. The molecule has 6 heteroatoms. The van der Waals surface area contributed by atoms with E-state index in [9.17, 15) is 9.59 Å². The lowest BCUT2D eigenvalue weighted by atomic mass is 9.86. The molecule has 1 N–H and O–H groups in total. The Bertz CT molecular complexity index is 1180. The molecule has 1 heterocycles. The number of amides is 1. The van der Waals surface area contributed by atoms with Crippen molar-refractivity contribution in [2.75, 3.05) is 7.11 Å². The van der Waals surface area contributed by atoms with Crippen molar-refractivity contribution >= 4 is 18.1 Å². The summed E-state index contributed by atoms with van der Waals surface area (Å²) in [6, 6.07) is 17.3. The van der Waals surface area contributed by atoms with E-state index in [1.165, 1.54) is 12.7 Å². The van der Waals surface area contributed by atoms with E-state index in [0.29, 0.717) is 5.56 Å². The molecule has 0 saturated carbocycles. The predicted octanol–water partition coefficient (Wildman–Crippen LogP) is 4.87. The Morgan fingerprint density at radius 1 is 1.06 bits per heavy atom. The van der Waals surface area contributed by atoms with Gasteiger partial charge in [0.05, 0.1) is 31.0 Å². The number of para-hydroxylation sites is 1. The van der Waals surface area contributed by atoms with Gasteiger partial charge in [-0.25, -0.2) is 10.2 Å². The number of aryl methyl sites for hydroxylation is 1. The van der Waals surface area contributed by atoms with E-state index < -0.39 is 5.97 Å². The van der Waals surface area contributed by atoms with Crippen LogP contribution in [0.5, 0.6) is 0 Å². The summed E-state index contributed by atoms with van der Waals surface area (Å²) in [4.78, 5) is 24.5. The highest BCUT2D eigenvalue weighted by Gasteiger charge is 2.17. The van der Waals surface area contributed by atoms with Gasteiger partial charge in [0, 0.05) is 17.0 Å². The summed E-state index contributed by atoms with van der Waals surface area (Å²) in [7, 11) is 1.37. The number of hydrogen-bond donors (Lipinski definition) is 1. The molecule has 0 aliphatic heterocycles. The number of hydrazone groups is 1. The number of methoxy groups -OCH3 is 1. The van der Waals surface area contributed by atoms with Crippen molar-refractivity contribution in [1.82, 2.24) is 9.99 Å². The second-order valence-corrected chi connectivity index (χ2v) is 9.09. The van der Waals surface area contributed by atoms with Gasteiger partial charge in [-0.1, -0.05) is 57.2 Å². The summed E-state index contributed by atoms with van der Waals surface area (Å²) in [5, 5.41) is 4.15. The average molecular weight is 446 g/mol. The van der Waals surface area contributed by atoms with Gasteiger partial charge < -0.3 is 9.30 Å². The van der Waals surface area contributed by atoms with Gasteiger partial charge in [-0.15, -0.1) is 0 Å². The van der Waals surface area contributed by atoms with Crippen LogP contribution in [0.1, 0.15) is 59.2 Å². The molecule has 1 aromatic heterocycles. The smallest absolute Gasteiger partial charge is 0.339 e. The number of benzene rings is 2. The molecule has 0 radical (unpaired) electrons. The van der Waals surface area contributed by atoms with E-state index >= 15 is 0 Å². The van der Waals surface area contributed by atoms with E-state index in [1.54, 1.807) is 18.3 Å². The molecule has 0 aliphatic rings. The lowest BCUT2D eigenvalue weighted by molar-refractivity contribution is -0.120. The maximum atomic E-state index is 12.3. The second-order valence-electron chi connectivity index (χ2n) is 9.09. The zero-order chi connectivity index (χ0) is 24.2. The molecular formula is C27H31N3O3. The first-order chi connectivity index (χ1) is 15.6. The fourth-order valence-corrected chi connectivity index (χ4v) is 3.76. The number of carbonyl (C=O) groups excluding carboxylic acids is 2. The standard InChI is InChI=1S/C27H31N3O3/c1-18-15-21(19(2)30(18)24-10-8-7-9-23(24)26(32)33-6)17-28-29-25(31)16-20-11-13-22(14-12-20)27(3,4)5/h7-15,17H,16H2,1-6H3,(H,29,31)/b28-17-. The van der Waals surface area contributed by atoms with Gasteiger partial charge in [-0.05, 0) is 48.6 Å². The molecule has 0 spiro atoms. The summed E-state index contributed by atoms with van der Waals surface area (Å²) in [5.74, 6) is -0.573. The van der Waals surface area contributed by atoms with Crippen LogP contribution in [0.2, 0.25) is 0 Å². The van der Waals surface area contributed by atoms with Crippen LogP contribution in [0.15, 0.2) is 59.7 Å². The van der Waals surface area contributed by atoms with E-state index in [-0.39, 0.29) is 17.7 Å². The summed E-state index contributed by atoms with van der Waals surface area (Å²) in [6.07, 6.45) is 1.88. The second kappa shape index (κ2) is 9.86.